The number of aromatic nitrogens is 6. The van der Waals surface area contributed by atoms with Crippen molar-refractivity contribution in [3.8, 4) is 17.1 Å². The Morgan fingerprint density at radius 2 is 2.08 bits per heavy atom. The quantitative estimate of drug-likeness (QED) is 0.618. The van der Waals surface area contributed by atoms with Crippen molar-refractivity contribution in [2.24, 2.45) is 0 Å². The fourth-order valence-corrected chi connectivity index (χ4v) is 2.91. The lowest BCUT2D eigenvalue weighted by Crippen LogP contribution is -2.09. The standard InChI is InChI=1S/C17H15FN6O/c1-2-12-14(21-10-24-17(12)20-9-22-24)8-23-6-5-19-16(23)13-7-11(18)3-4-15(13)25/h3-7,9-10,25H,2,8H2,1H3. The van der Waals surface area contributed by atoms with E-state index in [9.17, 15) is 9.50 Å². The molecule has 0 bridgehead atoms. The highest BCUT2D eigenvalue weighted by Crippen LogP contribution is 2.29. The summed E-state index contributed by atoms with van der Waals surface area (Å²) >= 11 is 0. The zero-order valence-electron chi connectivity index (χ0n) is 13.5. The van der Waals surface area contributed by atoms with Crippen LogP contribution in [0.4, 0.5) is 4.39 Å². The molecule has 0 atom stereocenters. The van der Waals surface area contributed by atoms with Gasteiger partial charge in [0.1, 0.15) is 30.0 Å². The molecule has 0 saturated carbocycles. The Kier molecular flexibility index (Phi) is 3.64. The van der Waals surface area contributed by atoms with Gasteiger partial charge >= 0.3 is 0 Å². The molecule has 8 heteroatoms. The molecular weight excluding hydrogens is 323 g/mol. The first-order chi connectivity index (χ1) is 12.2. The van der Waals surface area contributed by atoms with Gasteiger partial charge < -0.3 is 9.67 Å². The zero-order valence-corrected chi connectivity index (χ0v) is 13.5. The van der Waals surface area contributed by atoms with E-state index >= 15 is 0 Å². The zero-order chi connectivity index (χ0) is 17.4. The molecule has 0 fully saturated rings. The maximum Gasteiger partial charge on any atom is 0.162 e. The lowest BCUT2D eigenvalue weighted by atomic mass is 10.1. The lowest BCUT2D eigenvalue weighted by Gasteiger charge is -2.12. The molecule has 0 aliphatic rings. The minimum Gasteiger partial charge on any atom is -0.507 e. The molecule has 0 aliphatic heterocycles. The molecule has 3 aromatic heterocycles. The van der Waals surface area contributed by atoms with Crippen molar-refractivity contribution in [2.75, 3.05) is 0 Å². The molecule has 0 saturated heterocycles. The third-order valence-electron chi connectivity index (χ3n) is 4.10. The number of nitrogens with zero attached hydrogens (tertiary/aromatic N) is 6. The molecule has 0 amide bonds. The maximum absolute atomic E-state index is 13.6. The van der Waals surface area contributed by atoms with Crippen LogP contribution in [0.2, 0.25) is 0 Å². The van der Waals surface area contributed by atoms with E-state index in [0.717, 1.165) is 23.3 Å². The number of imidazole rings is 1. The van der Waals surface area contributed by atoms with Gasteiger partial charge in [-0.3, -0.25) is 0 Å². The van der Waals surface area contributed by atoms with E-state index in [1.54, 1.807) is 23.2 Å². The Hall–Kier alpha value is -3.29. The fourth-order valence-electron chi connectivity index (χ4n) is 2.91. The van der Waals surface area contributed by atoms with Crippen LogP contribution in [0.1, 0.15) is 18.2 Å². The second-order valence-corrected chi connectivity index (χ2v) is 5.59. The highest BCUT2D eigenvalue weighted by molar-refractivity contribution is 5.64. The number of phenolic OH excluding ortho intramolecular Hbond substituents is 1. The predicted octanol–water partition coefficient (Wildman–Crippen LogP) is 2.44. The van der Waals surface area contributed by atoms with E-state index in [2.05, 4.69) is 20.1 Å². The average molecular weight is 338 g/mol. The average Bonchev–Trinajstić information content (AvgIpc) is 3.26. The van der Waals surface area contributed by atoms with Gasteiger partial charge in [0.05, 0.1) is 17.8 Å². The van der Waals surface area contributed by atoms with Gasteiger partial charge in [0.2, 0.25) is 0 Å². The molecule has 0 radical (unpaired) electrons. The van der Waals surface area contributed by atoms with Crippen molar-refractivity contribution in [3.63, 3.8) is 0 Å². The molecule has 7 nitrogen and oxygen atoms in total. The third-order valence-corrected chi connectivity index (χ3v) is 4.10. The number of hydrogen-bond acceptors (Lipinski definition) is 5. The topological polar surface area (TPSA) is 81.1 Å². The number of rotatable bonds is 4. The molecule has 0 aliphatic carbocycles. The molecular formula is C17H15FN6O. The second-order valence-electron chi connectivity index (χ2n) is 5.59. The minimum absolute atomic E-state index is 0.0227. The van der Waals surface area contributed by atoms with Gasteiger partial charge in [0.25, 0.3) is 0 Å². The summed E-state index contributed by atoms with van der Waals surface area (Å²) < 4.78 is 17.0. The van der Waals surface area contributed by atoms with Crippen molar-refractivity contribution in [2.45, 2.75) is 19.9 Å². The first kappa shape index (κ1) is 15.3. The van der Waals surface area contributed by atoms with E-state index < -0.39 is 5.82 Å². The van der Waals surface area contributed by atoms with Crippen molar-refractivity contribution in [1.29, 1.82) is 0 Å². The summed E-state index contributed by atoms with van der Waals surface area (Å²) in [5.41, 5.74) is 2.93. The van der Waals surface area contributed by atoms with Crippen molar-refractivity contribution < 1.29 is 9.50 Å². The van der Waals surface area contributed by atoms with Crippen molar-refractivity contribution in [3.05, 3.63) is 60.3 Å². The van der Waals surface area contributed by atoms with Gasteiger partial charge in [0.15, 0.2) is 5.65 Å². The second kappa shape index (κ2) is 5.97. The molecule has 3 heterocycles. The van der Waals surface area contributed by atoms with Crippen molar-refractivity contribution in [1.82, 2.24) is 29.1 Å². The van der Waals surface area contributed by atoms with Gasteiger partial charge in [-0.15, -0.1) is 0 Å². The Balaban J connectivity index is 1.78. The molecule has 0 spiro atoms. The van der Waals surface area contributed by atoms with Crippen LogP contribution in [-0.4, -0.2) is 34.2 Å². The smallest absolute Gasteiger partial charge is 0.162 e. The number of halogens is 1. The molecule has 4 rings (SSSR count). The number of fused-ring (bicyclic) bond motifs is 1. The normalized spacial score (nSPS) is 11.3. The number of hydrogen-bond donors (Lipinski definition) is 1. The first-order valence-electron chi connectivity index (χ1n) is 7.83. The molecule has 1 aromatic carbocycles. The number of benzene rings is 1. The lowest BCUT2D eigenvalue weighted by molar-refractivity contribution is 0.474. The SMILES string of the molecule is CCc1c(Cn2ccnc2-c2cc(F)ccc2O)ncn2ncnc12. The first-order valence-corrected chi connectivity index (χ1v) is 7.83. The highest BCUT2D eigenvalue weighted by Gasteiger charge is 2.15. The summed E-state index contributed by atoms with van der Waals surface area (Å²) in [7, 11) is 0. The van der Waals surface area contributed by atoms with Crippen LogP contribution in [0.5, 0.6) is 5.75 Å². The summed E-state index contributed by atoms with van der Waals surface area (Å²) in [5, 5.41) is 14.2. The van der Waals surface area contributed by atoms with Crippen LogP contribution in [0, 0.1) is 5.82 Å². The van der Waals surface area contributed by atoms with Gasteiger partial charge in [-0.25, -0.2) is 23.9 Å². The minimum atomic E-state index is -0.431. The van der Waals surface area contributed by atoms with E-state index in [4.69, 9.17) is 0 Å². The Labute approximate surface area is 142 Å². The Morgan fingerprint density at radius 1 is 1.20 bits per heavy atom. The number of aryl methyl sites for hydroxylation is 1. The molecule has 0 unspecified atom stereocenters. The third kappa shape index (κ3) is 2.61. The largest absolute Gasteiger partial charge is 0.507 e. The molecule has 25 heavy (non-hydrogen) atoms. The van der Waals surface area contributed by atoms with Gasteiger partial charge in [-0.05, 0) is 24.6 Å². The van der Waals surface area contributed by atoms with Crippen LogP contribution in [0.3, 0.4) is 0 Å². The van der Waals surface area contributed by atoms with Gasteiger partial charge in [-0.2, -0.15) is 5.10 Å². The van der Waals surface area contributed by atoms with Gasteiger partial charge in [0, 0.05) is 18.0 Å². The van der Waals surface area contributed by atoms with Crippen LogP contribution in [0.15, 0.2) is 43.2 Å². The van der Waals surface area contributed by atoms with Crippen molar-refractivity contribution >= 4 is 5.65 Å². The van der Waals surface area contributed by atoms with Crippen LogP contribution in [-0.2, 0) is 13.0 Å². The summed E-state index contributed by atoms with van der Waals surface area (Å²) in [6, 6.07) is 3.80. The summed E-state index contributed by atoms with van der Waals surface area (Å²) in [6.07, 6.45) is 7.25. The Morgan fingerprint density at radius 3 is 2.92 bits per heavy atom. The number of aromatic hydroxyl groups is 1. The fraction of sp³-hybridized carbons (Fsp3) is 0.176. The van der Waals surface area contributed by atoms with E-state index in [-0.39, 0.29) is 5.75 Å². The number of phenols is 1. The van der Waals surface area contributed by atoms with Crippen LogP contribution < -0.4 is 0 Å². The van der Waals surface area contributed by atoms with Crippen LogP contribution >= 0.6 is 0 Å². The maximum atomic E-state index is 13.6. The summed E-state index contributed by atoms with van der Waals surface area (Å²) in [6.45, 7) is 2.46. The van der Waals surface area contributed by atoms with E-state index in [1.165, 1.54) is 24.5 Å². The monoisotopic (exact) mass is 338 g/mol. The van der Waals surface area contributed by atoms with Crippen LogP contribution in [0.25, 0.3) is 17.0 Å². The Bertz CT molecular complexity index is 1050. The molecule has 4 aromatic rings. The summed E-state index contributed by atoms with van der Waals surface area (Å²) in [5.74, 6) is 0.0206. The predicted molar refractivity (Wildman–Crippen MR) is 88.5 cm³/mol. The highest BCUT2D eigenvalue weighted by atomic mass is 19.1. The van der Waals surface area contributed by atoms with Gasteiger partial charge in [-0.1, -0.05) is 6.92 Å². The molecule has 1 N–H and O–H groups in total. The van der Waals surface area contributed by atoms with E-state index in [0.29, 0.717) is 17.9 Å². The summed E-state index contributed by atoms with van der Waals surface area (Å²) in [4.78, 5) is 13.0. The van der Waals surface area contributed by atoms with E-state index in [1.807, 2.05) is 11.5 Å². The molecule has 126 valence electrons.